The van der Waals surface area contributed by atoms with E-state index < -0.39 is 5.97 Å². The summed E-state index contributed by atoms with van der Waals surface area (Å²) in [5, 5.41) is 18.4. The summed E-state index contributed by atoms with van der Waals surface area (Å²) >= 11 is 0. The summed E-state index contributed by atoms with van der Waals surface area (Å²) < 4.78 is 11.1. The standard InChI is InChI=1S/C17H18O5/c1-11-4-3-5-12(2)16(11)22-9-8-21-13-6-7-14(17(19)20)15(18)10-13/h3-7,10,18H,8-9H2,1-2H3,(H,19,20). The third kappa shape index (κ3) is 3.69. The van der Waals surface area contributed by atoms with Gasteiger partial charge in [0.25, 0.3) is 0 Å². The van der Waals surface area contributed by atoms with Gasteiger partial charge in [0.2, 0.25) is 0 Å². The van der Waals surface area contributed by atoms with Crippen LogP contribution in [-0.4, -0.2) is 29.4 Å². The first-order valence-electron chi connectivity index (χ1n) is 6.87. The zero-order chi connectivity index (χ0) is 16.1. The van der Waals surface area contributed by atoms with Crippen LogP contribution >= 0.6 is 0 Å². The fourth-order valence-electron chi connectivity index (χ4n) is 2.11. The SMILES string of the molecule is Cc1cccc(C)c1OCCOc1ccc(C(=O)O)c(O)c1. The molecule has 0 aliphatic rings. The molecule has 116 valence electrons. The maximum Gasteiger partial charge on any atom is 0.339 e. The molecule has 0 saturated heterocycles. The Balaban J connectivity index is 1.89. The molecule has 0 unspecified atom stereocenters. The van der Waals surface area contributed by atoms with Gasteiger partial charge in [0, 0.05) is 6.07 Å². The quantitative estimate of drug-likeness (QED) is 0.802. The minimum absolute atomic E-state index is 0.154. The first kappa shape index (κ1) is 15.7. The van der Waals surface area contributed by atoms with E-state index in [0.29, 0.717) is 19.0 Å². The summed E-state index contributed by atoms with van der Waals surface area (Å²) in [7, 11) is 0. The van der Waals surface area contributed by atoms with Crippen LogP contribution in [-0.2, 0) is 0 Å². The Bertz CT molecular complexity index is 658. The molecule has 22 heavy (non-hydrogen) atoms. The molecule has 5 nitrogen and oxygen atoms in total. The zero-order valence-corrected chi connectivity index (χ0v) is 12.5. The molecule has 0 bridgehead atoms. The van der Waals surface area contributed by atoms with Crippen LogP contribution in [0.25, 0.3) is 0 Å². The van der Waals surface area contributed by atoms with Gasteiger partial charge in [-0.15, -0.1) is 0 Å². The van der Waals surface area contributed by atoms with Crippen molar-refractivity contribution in [1.29, 1.82) is 0 Å². The molecule has 0 radical (unpaired) electrons. The third-order valence-corrected chi connectivity index (χ3v) is 3.21. The predicted molar refractivity (Wildman–Crippen MR) is 82.0 cm³/mol. The van der Waals surface area contributed by atoms with Crippen molar-refractivity contribution in [3.05, 3.63) is 53.1 Å². The number of benzene rings is 2. The van der Waals surface area contributed by atoms with Gasteiger partial charge in [0.1, 0.15) is 36.0 Å². The lowest BCUT2D eigenvalue weighted by atomic mass is 10.1. The average Bonchev–Trinajstić information content (AvgIpc) is 2.45. The highest BCUT2D eigenvalue weighted by molar-refractivity contribution is 5.90. The van der Waals surface area contributed by atoms with E-state index in [2.05, 4.69) is 0 Å². The Morgan fingerprint density at radius 3 is 2.27 bits per heavy atom. The van der Waals surface area contributed by atoms with Gasteiger partial charge in [0.05, 0.1) is 0 Å². The van der Waals surface area contributed by atoms with E-state index in [0.717, 1.165) is 16.9 Å². The molecule has 0 saturated carbocycles. The van der Waals surface area contributed by atoms with E-state index in [1.54, 1.807) is 0 Å². The zero-order valence-electron chi connectivity index (χ0n) is 12.5. The van der Waals surface area contributed by atoms with Crippen LogP contribution in [0.3, 0.4) is 0 Å². The molecule has 2 aromatic carbocycles. The van der Waals surface area contributed by atoms with E-state index in [-0.39, 0.29) is 11.3 Å². The number of phenols is 1. The molecule has 0 atom stereocenters. The molecule has 2 N–H and O–H groups in total. The average molecular weight is 302 g/mol. The summed E-state index contributed by atoms with van der Waals surface area (Å²) in [6, 6.07) is 10.0. The molecule has 2 aromatic rings. The second-order valence-electron chi connectivity index (χ2n) is 4.90. The number of ether oxygens (including phenoxy) is 2. The topological polar surface area (TPSA) is 76.0 Å². The van der Waals surface area contributed by atoms with Crippen LogP contribution in [0.1, 0.15) is 21.5 Å². The summed E-state index contributed by atoms with van der Waals surface area (Å²) in [6.07, 6.45) is 0. The Labute approximate surface area is 128 Å². The van der Waals surface area contributed by atoms with Gasteiger partial charge in [-0.2, -0.15) is 0 Å². The lowest BCUT2D eigenvalue weighted by Gasteiger charge is -2.12. The van der Waals surface area contributed by atoms with Crippen molar-refractivity contribution in [1.82, 2.24) is 0 Å². The molecule has 0 amide bonds. The fourth-order valence-corrected chi connectivity index (χ4v) is 2.11. The lowest BCUT2D eigenvalue weighted by molar-refractivity contribution is 0.0693. The molecule has 2 rings (SSSR count). The van der Waals surface area contributed by atoms with E-state index >= 15 is 0 Å². The Morgan fingerprint density at radius 2 is 1.68 bits per heavy atom. The van der Waals surface area contributed by atoms with Crippen LogP contribution in [0.4, 0.5) is 0 Å². The number of aromatic carboxylic acids is 1. The van der Waals surface area contributed by atoms with Gasteiger partial charge in [-0.25, -0.2) is 4.79 Å². The molecule has 0 heterocycles. The number of hydrogen-bond acceptors (Lipinski definition) is 4. The van der Waals surface area contributed by atoms with Crippen LogP contribution in [0.15, 0.2) is 36.4 Å². The van der Waals surface area contributed by atoms with Gasteiger partial charge in [-0.05, 0) is 37.1 Å². The largest absolute Gasteiger partial charge is 0.507 e. The summed E-state index contributed by atoms with van der Waals surface area (Å²) in [6.45, 7) is 4.60. The Kier molecular flexibility index (Phi) is 4.88. The molecule has 0 fully saturated rings. The minimum Gasteiger partial charge on any atom is -0.507 e. The molecule has 0 aliphatic heterocycles. The van der Waals surface area contributed by atoms with Gasteiger partial charge in [-0.1, -0.05) is 18.2 Å². The number of aryl methyl sites for hydroxylation is 2. The smallest absolute Gasteiger partial charge is 0.339 e. The maximum absolute atomic E-state index is 10.8. The van der Waals surface area contributed by atoms with Crippen molar-refractivity contribution < 1.29 is 24.5 Å². The van der Waals surface area contributed by atoms with Crippen molar-refractivity contribution in [3.63, 3.8) is 0 Å². The molecular formula is C17H18O5. The monoisotopic (exact) mass is 302 g/mol. The number of hydrogen-bond donors (Lipinski definition) is 2. The molecule has 0 aliphatic carbocycles. The molecule has 0 spiro atoms. The Morgan fingerprint density at radius 1 is 1.05 bits per heavy atom. The van der Waals surface area contributed by atoms with Crippen molar-refractivity contribution >= 4 is 5.97 Å². The molecule has 0 aromatic heterocycles. The maximum atomic E-state index is 10.8. The van der Waals surface area contributed by atoms with Crippen molar-refractivity contribution in [3.8, 4) is 17.2 Å². The van der Waals surface area contributed by atoms with Crippen LogP contribution < -0.4 is 9.47 Å². The second kappa shape index (κ2) is 6.85. The lowest BCUT2D eigenvalue weighted by Crippen LogP contribution is -2.10. The number of carboxylic acids is 1. The van der Waals surface area contributed by atoms with Crippen LogP contribution in [0.5, 0.6) is 17.2 Å². The van der Waals surface area contributed by atoms with Crippen LogP contribution in [0.2, 0.25) is 0 Å². The third-order valence-electron chi connectivity index (χ3n) is 3.21. The number of rotatable bonds is 6. The van der Waals surface area contributed by atoms with Crippen LogP contribution in [0, 0.1) is 13.8 Å². The van der Waals surface area contributed by atoms with Gasteiger partial charge in [-0.3, -0.25) is 0 Å². The number of carbonyl (C=O) groups is 1. The van der Waals surface area contributed by atoms with E-state index in [4.69, 9.17) is 14.6 Å². The number of carboxylic acid groups (broad SMARTS) is 1. The number of para-hydroxylation sites is 1. The molecular weight excluding hydrogens is 284 g/mol. The van der Waals surface area contributed by atoms with Gasteiger partial charge < -0.3 is 19.7 Å². The Hall–Kier alpha value is -2.69. The summed E-state index contributed by atoms with van der Waals surface area (Å²) in [5.74, 6) is -0.258. The van der Waals surface area contributed by atoms with Crippen molar-refractivity contribution in [2.45, 2.75) is 13.8 Å². The van der Waals surface area contributed by atoms with Gasteiger partial charge in [0.15, 0.2) is 0 Å². The van der Waals surface area contributed by atoms with Gasteiger partial charge >= 0.3 is 5.97 Å². The highest BCUT2D eigenvalue weighted by atomic mass is 16.5. The predicted octanol–water partition coefficient (Wildman–Crippen LogP) is 3.17. The first-order chi connectivity index (χ1) is 10.5. The summed E-state index contributed by atoms with van der Waals surface area (Å²) in [5.41, 5.74) is 1.96. The fraction of sp³-hybridized carbons (Fsp3) is 0.235. The van der Waals surface area contributed by atoms with E-state index in [9.17, 15) is 9.90 Å². The minimum atomic E-state index is -1.18. The van der Waals surface area contributed by atoms with E-state index in [1.165, 1.54) is 18.2 Å². The van der Waals surface area contributed by atoms with E-state index in [1.807, 2.05) is 32.0 Å². The second-order valence-corrected chi connectivity index (χ2v) is 4.90. The molecule has 5 heteroatoms. The van der Waals surface area contributed by atoms with Crippen molar-refractivity contribution in [2.24, 2.45) is 0 Å². The normalized spacial score (nSPS) is 10.3. The highest BCUT2D eigenvalue weighted by Gasteiger charge is 2.10. The van der Waals surface area contributed by atoms with Crippen molar-refractivity contribution in [2.75, 3.05) is 13.2 Å². The number of aromatic hydroxyl groups is 1. The highest BCUT2D eigenvalue weighted by Crippen LogP contribution is 2.24. The summed E-state index contributed by atoms with van der Waals surface area (Å²) in [4.78, 5) is 10.8. The first-order valence-corrected chi connectivity index (χ1v) is 6.87.